The fourth-order valence-corrected chi connectivity index (χ4v) is 1.29. The minimum absolute atomic E-state index is 0.216. The fourth-order valence-electron chi connectivity index (χ4n) is 1.06. The number of nitrogens with two attached hydrogens (primary N) is 1. The number of carboxylic acid groups (broad SMARTS) is 1. The van der Waals surface area contributed by atoms with Gasteiger partial charge in [-0.15, -0.1) is 0 Å². The van der Waals surface area contributed by atoms with Crippen molar-refractivity contribution in [1.82, 2.24) is 0 Å². The standard InChI is InChI=1S/C9H8ClF2NO2/c10-8-4(3-7(13)9(14)15)5(11)1-2-6(8)12/h1-2,7H,3,13H2,(H,14,15)/t7-/m0/s1. The largest absolute Gasteiger partial charge is 0.480 e. The lowest BCUT2D eigenvalue weighted by atomic mass is 10.1. The molecule has 0 aliphatic rings. The van der Waals surface area contributed by atoms with Gasteiger partial charge >= 0.3 is 5.97 Å². The molecule has 15 heavy (non-hydrogen) atoms. The Labute approximate surface area is 89.5 Å². The SMILES string of the molecule is N[C@@H](Cc1c(F)ccc(F)c1Cl)C(=O)O. The minimum Gasteiger partial charge on any atom is -0.480 e. The summed E-state index contributed by atoms with van der Waals surface area (Å²) in [5.74, 6) is -2.86. The lowest BCUT2D eigenvalue weighted by Crippen LogP contribution is -2.32. The van der Waals surface area contributed by atoms with Gasteiger partial charge in [0.2, 0.25) is 0 Å². The number of aliphatic carboxylic acids is 1. The van der Waals surface area contributed by atoms with Crippen LogP contribution in [0.25, 0.3) is 0 Å². The Balaban J connectivity index is 3.03. The van der Waals surface area contributed by atoms with Crippen LogP contribution in [0.4, 0.5) is 8.78 Å². The van der Waals surface area contributed by atoms with E-state index in [4.69, 9.17) is 22.4 Å². The van der Waals surface area contributed by atoms with E-state index in [1.807, 2.05) is 0 Å². The molecule has 1 atom stereocenters. The molecular weight excluding hydrogens is 228 g/mol. The Kier molecular flexibility index (Phi) is 3.60. The van der Waals surface area contributed by atoms with Crippen LogP contribution in [0.2, 0.25) is 5.02 Å². The molecule has 0 aliphatic carbocycles. The Morgan fingerprint density at radius 3 is 2.53 bits per heavy atom. The summed E-state index contributed by atoms with van der Waals surface area (Å²) in [5, 5.41) is 8.09. The zero-order valence-electron chi connectivity index (χ0n) is 7.51. The van der Waals surface area contributed by atoms with Crippen molar-refractivity contribution in [2.24, 2.45) is 5.73 Å². The molecule has 0 radical (unpaired) electrons. The maximum atomic E-state index is 13.2. The molecule has 3 N–H and O–H groups in total. The predicted molar refractivity (Wildman–Crippen MR) is 50.7 cm³/mol. The molecule has 0 aromatic heterocycles. The summed E-state index contributed by atoms with van der Waals surface area (Å²) in [4.78, 5) is 10.4. The van der Waals surface area contributed by atoms with E-state index < -0.39 is 28.7 Å². The van der Waals surface area contributed by atoms with E-state index in [1.54, 1.807) is 0 Å². The number of hydrogen-bond acceptors (Lipinski definition) is 2. The Hall–Kier alpha value is -1.20. The first-order valence-electron chi connectivity index (χ1n) is 4.04. The zero-order chi connectivity index (χ0) is 11.6. The Morgan fingerprint density at radius 1 is 1.47 bits per heavy atom. The van der Waals surface area contributed by atoms with E-state index in [9.17, 15) is 13.6 Å². The first-order valence-corrected chi connectivity index (χ1v) is 4.42. The van der Waals surface area contributed by atoms with Crippen LogP contribution in [-0.2, 0) is 11.2 Å². The molecule has 0 saturated carbocycles. The Bertz CT molecular complexity index is 398. The highest BCUT2D eigenvalue weighted by molar-refractivity contribution is 6.31. The van der Waals surface area contributed by atoms with E-state index >= 15 is 0 Å². The highest BCUT2D eigenvalue weighted by Crippen LogP contribution is 2.23. The first kappa shape index (κ1) is 11.9. The van der Waals surface area contributed by atoms with Crippen molar-refractivity contribution in [3.8, 4) is 0 Å². The second kappa shape index (κ2) is 4.55. The fraction of sp³-hybridized carbons (Fsp3) is 0.222. The average Bonchev–Trinajstić information content (AvgIpc) is 2.18. The second-order valence-electron chi connectivity index (χ2n) is 2.97. The molecule has 3 nitrogen and oxygen atoms in total. The molecule has 0 saturated heterocycles. The zero-order valence-corrected chi connectivity index (χ0v) is 8.26. The summed E-state index contributed by atoms with van der Waals surface area (Å²) in [7, 11) is 0. The lowest BCUT2D eigenvalue weighted by molar-refractivity contribution is -0.138. The van der Waals surface area contributed by atoms with E-state index in [1.165, 1.54) is 0 Å². The van der Waals surface area contributed by atoms with Gasteiger partial charge in [-0.25, -0.2) is 8.78 Å². The van der Waals surface area contributed by atoms with Crippen LogP contribution in [0.15, 0.2) is 12.1 Å². The summed E-state index contributed by atoms with van der Waals surface area (Å²) in [6.07, 6.45) is -0.349. The van der Waals surface area contributed by atoms with Gasteiger partial charge in [0.25, 0.3) is 0 Å². The van der Waals surface area contributed by atoms with Crippen LogP contribution in [0.1, 0.15) is 5.56 Å². The quantitative estimate of drug-likeness (QED) is 0.782. The maximum absolute atomic E-state index is 13.2. The van der Waals surface area contributed by atoms with Crippen LogP contribution in [0, 0.1) is 11.6 Å². The highest BCUT2D eigenvalue weighted by atomic mass is 35.5. The molecule has 0 aliphatic heterocycles. The molecule has 0 fully saturated rings. The van der Waals surface area contributed by atoms with Gasteiger partial charge in [0.1, 0.15) is 17.7 Å². The molecule has 1 aromatic carbocycles. The van der Waals surface area contributed by atoms with Crippen molar-refractivity contribution in [2.75, 3.05) is 0 Å². The third-order valence-corrected chi connectivity index (χ3v) is 2.29. The summed E-state index contributed by atoms with van der Waals surface area (Å²) >= 11 is 5.48. The molecule has 0 heterocycles. The molecular formula is C9H8ClF2NO2. The molecule has 1 aromatic rings. The van der Waals surface area contributed by atoms with Crippen molar-refractivity contribution < 1.29 is 18.7 Å². The summed E-state index contributed by atoms with van der Waals surface area (Å²) in [6.45, 7) is 0. The number of hydrogen-bond donors (Lipinski definition) is 2. The van der Waals surface area contributed by atoms with Gasteiger partial charge in [0, 0.05) is 12.0 Å². The first-order chi connectivity index (χ1) is 6.93. The number of carboxylic acids is 1. The third kappa shape index (κ3) is 2.64. The van der Waals surface area contributed by atoms with Gasteiger partial charge in [-0.1, -0.05) is 11.6 Å². The second-order valence-corrected chi connectivity index (χ2v) is 3.35. The maximum Gasteiger partial charge on any atom is 0.320 e. The van der Waals surface area contributed by atoms with Gasteiger partial charge < -0.3 is 10.8 Å². The number of carbonyl (C=O) groups is 1. The van der Waals surface area contributed by atoms with E-state index in [0.717, 1.165) is 12.1 Å². The summed E-state index contributed by atoms with van der Waals surface area (Å²) in [6, 6.07) is 0.442. The molecule has 0 unspecified atom stereocenters. The van der Waals surface area contributed by atoms with Crippen LogP contribution in [0.3, 0.4) is 0 Å². The van der Waals surface area contributed by atoms with Gasteiger partial charge in [0.15, 0.2) is 0 Å². The van der Waals surface area contributed by atoms with Gasteiger partial charge in [-0.05, 0) is 12.1 Å². The van der Waals surface area contributed by atoms with Crippen molar-refractivity contribution in [3.63, 3.8) is 0 Å². The van der Waals surface area contributed by atoms with Crippen LogP contribution < -0.4 is 5.73 Å². The third-order valence-electron chi connectivity index (χ3n) is 1.88. The van der Waals surface area contributed by atoms with Gasteiger partial charge in [-0.2, -0.15) is 0 Å². The van der Waals surface area contributed by atoms with Crippen molar-refractivity contribution in [1.29, 1.82) is 0 Å². The number of rotatable bonds is 3. The van der Waals surface area contributed by atoms with E-state index in [2.05, 4.69) is 0 Å². The Morgan fingerprint density at radius 2 is 2.00 bits per heavy atom. The van der Waals surface area contributed by atoms with Crippen molar-refractivity contribution in [3.05, 3.63) is 34.4 Å². The normalized spacial score (nSPS) is 12.5. The predicted octanol–water partition coefficient (Wildman–Crippen LogP) is 1.57. The van der Waals surface area contributed by atoms with Crippen LogP contribution in [0.5, 0.6) is 0 Å². The summed E-state index contributed by atoms with van der Waals surface area (Å²) in [5.41, 5.74) is 4.97. The molecule has 0 amide bonds. The van der Waals surface area contributed by atoms with E-state index in [-0.39, 0.29) is 12.0 Å². The topological polar surface area (TPSA) is 63.3 Å². The van der Waals surface area contributed by atoms with E-state index in [0.29, 0.717) is 0 Å². The highest BCUT2D eigenvalue weighted by Gasteiger charge is 2.19. The molecule has 1 rings (SSSR count). The number of halogens is 3. The van der Waals surface area contributed by atoms with Crippen molar-refractivity contribution in [2.45, 2.75) is 12.5 Å². The lowest BCUT2D eigenvalue weighted by Gasteiger charge is -2.09. The molecule has 0 bridgehead atoms. The smallest absolute Gasteiger partial charge is 0.320 e. The summed E-state index contributed by atoms with van der Waals surface area (Å²) < 4.78 is 26.1. The van der Waals surface area contributed by atoms with Gasteiger partial charge in [0.05, 0.1) is 5.02 Å². The van der Waals surface area contributed by atoms with Crippen LogP contribution >= 0.6 is 11.6 Å². The average molecular weight is 236 g/mol. The monoisotopic (exact) mass is 235 g/mol. The molecule has 82 valence electrons. The minimum atomic E-state index is -1.31. The number of benzene rings is 1. The van der Waals surface area contributed by atoms with Crippen molar-refractivity contribution >= 4 is 17.6 Å². The van der Waals surface area contributed by atoms with Crippen LogP contribution in [-0.4, -0.2) is 17.1 Å². The van der Waals surface area contributed by atoms with Gasteiger partial charge in [-0.3, -0.25) is 4.79 Å². The molecule has 0 spiro atoms. The molecule has 6 heteroatoms.